The second kappa shape index (κ2) is 8.31. The fraction of sp³-hybridized carbons (Fsp3) is 0.273. The monoisotopic (exact) mass is 419 g/mol. The van der Waals surface area contributed by atoms with Gasteiger partial charge in [-0.05, 0) is 49.2 Å². The van der Waals surface area contributed by atoms with Crippen molar-refractivity contribution in [2.75, 3.05) is 11.1 Å². The molecule has 1 amide bonds. The number of nitrogens with zero attached hydrogens (tertiary/aromatic N) is 4. The Morgan fingerprint density at radius 2 is 1.93 bits per heavy atom. The number of oxazole rings is 1. The molecule has 0 bridgehead atoms. The number of aryl methyl sites for hydroxylation is 1. The van der Waals surface area contributed by atoms with Gasteiger partial charge in [0.15, 0.2) is 11.4 Å². The summed E-state index contributed by atoms with van der Waals surface area (Å²) in [6.45, 7) is 0.962. The molecule has 0 aliphatic carbocycles. The van der Waals surface area contributed by atoms with Crippen molar-refractivity contribution in [1.29, 1.82) is 0 Å². The molecule has 2 aromatic heterocycles. The highest BCUT2D eigenvalue weighted by Crippen LogP contribution is 2.25. The molecule has 7 nitrogen and oxygen atoms in total. The summed E-state index contributed by atoms with van der Waals surface area (Å²) < 4.78 is 7.86. The number of rotatable bonds is 5. The number of carbonyl (C=O) groups is 1. The van der Waals surface area contributed by atoms with E-state index in [-0.39, 0.29) is 11.7 Å². The van der Waals surface area contributed by atoms with Crippen molar-refractivity contribution >= 4 is 34.5 Å². The Balaban J connectivity index is 1.21. The smallest absolute Gasteiger partial charge is 0.257 e. The lowest BCUT2D eigenvalue weighted by Gasteiger charge is -2.08. The number of carbonyl (C=O) groups excluding carboxylic acids is 1. The van der Waals surface area contributed by atoms with Gasteiger partial charge >= 0.3 is 0 Å². The number of fused-ring (bicyclic) bond motifs is 2. The molecule has 0 fully saturated rings. The minimum absolute atomic E-state index is 0.105. The topological polar surface area (TPSA) is 85.8 Å². The second-order valence-corrected chi connectivity index (χ2v) is 8.19. The summed E-state index contributed by atoms with van der Waals surface area (Å²) in [4.78, 5) is 16.7. The van der Waals surface area contributed by atoms with E-state index < -0.39 is 0 Å². The van der Waals surface area contributed by atoms with Gasteiger partial charge in [0.25, 0.3) is 5.22 Å². The molecular weight excluding hydrogens is 398 g/mol. The standard InChI is InChI=1S/C22H21N5O2S/c28-20(14-30-22-24-17-6-3-4-7-18(17)29-22)23-16-11-9-15(10-12-16)21-26-25-19-8-2-1-5-13-27(19)21/h3-4,6-7,9-12H,1-2,5,8,13-14H2,(H,23,28). The van der Waals surface area contributed by atoms with Crippen LogP contribution in [0, 0.1) is 0 Å². The van der Waals surface area contributed by atoms with Gasteiger partial charge in [-0.1, -0.05) is 30.3 Å². The van der Waals surface area contributed by atoms with E-state index in [0.717, 1.165) is 53.4 Å². The van der Waals surface area contributed by atoms with Crippen molar-refractivity contribution in [3.05, 3.63) is 54.4 Å². The Labute approximate surface area is 177 Å². The average molecular weight is 420 g/mol. The maximum absolute atomic E-state index is 12.3. The highest BCUT2D eigenvalue weighted by molar-refractivity contribution is 7.99. The number of nitrogens with one attached hydrogen (secondary N) is 1. The van der Waals surface area contributed by atoms with E-state index in [1.54, 1.807) is 0 Å². The molecular formula is C22H21N5O2S. The molecule has 1 N–H and O–H groups in total. The van der Waals surface area contributed by atoms with E-state index in [0.29, 0.717) is 5.22 Å². The minimum atomic E-state index is -0.105. The first-order valence-corrected chi connectivity index (χ1v) is 11.1. The zero-order valence-electron chi connectivity index (χ0n) is 16.4. The van der Waals surface area contributed by atoms with Crippen LogP contribution in [0.4, 0.5) is 5.69 Å². The first-order valence-electron chi connectivity index (χ1n) is 10.1. The van der Waals surface area contributed by atoms with Crippen LogP contribution in [-0.2, 0) is 17.8 Å². The van der Waals surface area contributed by atoms with E-state index in [1.165, 1.54) is 24.6 Å². The molecule has 4 aromatic rings. The molecule has 0 saturated carbocycles. The van der Waals surface area contributed by atoms with Crippen molar-refractivity contribution in [2.24, 2.45) is 0 Å². The number of hydrogen-bond donors (Lipinski definition) is 1. The third kappa shape index (κ3) is 3.95. The van der Waals surface area contributed by atoms with Gasteiger partial charge in [-0.2, -0.15) is 0 Å². The summed E-state index contributed by atoms with van der Waals surface area (Å²) >= 11 is 1.28. The van der Waals surface area contributed by atoms with Crippen LogP contribution in [0.15, 0.2) is 58.2 Å². The van der Waals surface area contributed by atoms with E-state index >= 15 is 0 Å². The first-order chi connectivity index (χ1) is 14.8. The molecule has 0 unspecified atom stereocenters. The lowest BCUT2D eigenvalue weighted by atomic mass is 10.2. The predicted octanol–water partition coefficient (Wildman–Crippen LogP) is 4.54. The van der Waals surface area contributed by atoms with Crippen molar-refractivity contribution < 1.29 is 9.21 Å². The number of hydrogen-bond acceptors (Lipinski definition) is 6. The van der Waals surface area contributed by atoms with E-state index in [4.69, 9.17) is 4.42 Å². The quantitative estimate of drug-likeness (QED) is 0.478. The molecule has 0 saturated heterocycles. The van der Waals surface area contributed by atoms with Crippen LogP contribution >= 0.6 is 11.8 Å². The van der Waals surface area contributed by atoms with Crippen LogP contribution < -0.4 is 5.32 Å². The molecule has 5 rings (SSSR count). The van der Waals surface area contributed by atoms with E-state index in [9.17, 15) is 4.79 Å². The fourth-order valence-electron chi connectivity index (χ4n) is 3.64. The highest BCUT2D eigenvalue weighted by Gasteiger charge is 2.16. The Morgan fingerprint density at radius 1 is 1.07 bits per heavy atom. The molecule has 0 radical (unpaired) electrons. The molecule has 2 aromatic carbocycles. The molecule has 0 spiro atoms. The van der Waals surface area contributed by atoms with Crippen molar-refractivity contribution in [3.63, 3.8) is 0 Å². The van der Waals surface area contributed by atoms with Gasteiger partial charge in [0.05, 0.1) is 5.75 Å². The number of benzene rings is 2. The molecule has 1 aliphatic rings. The zero-order chi connectivity index (χ0) is 20.3. The Bertz CT molecular complexity index is 1150. The number of anilines is 1. The largest absolute Gasteiger partial charge is 0.431 e. The summed E-state index contributed by atoms with van der Waals surface area (Å²) in [6, 6.07) is 15.3. The first kappa shape index (κ1) is 18.9. The Morgan fingerprint density at radius 3 is 2.80 bits per heavy atom. The Kier molecular flexibility index (Phi) is 5.23. The van der Waals surface area contributed by atoms with Crippen LogP contribution in [0.5, 0.6) is 0 Å². The normalized spacial score (nSPS) is 13.7. The molecule has 0 atom stereocenters. The summed E-state index contributed by atoms with van der Waals surface area (Å²) in [5.74, 6) is 2.09. The third-order valence-electron chi connectivity index (χ3n) is 5.14. The fourth-order valence-corrected chi connectivity index (χ4v) is 4.28. The van der Waals surface area contributed by atoms with Gasteiger partial charge in [0.2, 0.25) is 5.91 Å². The predicted molar refractivity (Wildman–Crippen MR) is 116 cm³/mol. The molecule has 152 valence electrons. The van der Waals surface area contributed by atoms with E-state index in [1.807, 2.05) is 48.5 Å². The van der Waals surface area contributed by atoms with Gasteiger partial charge in [-0.3, -0.25) is 4.79 Å². The van der Waals surface area contributed by atoms with Crippen LogP contribution in [0.2, 0.25) is 0 Å². The number of aromatic nitrogens is 4. The van der Waals surface area contributed by atoms with Gasteiger partial charge in [-0.15, -0.1) is 10.2 Å². The van der Waals surface area contributed by atoms with Crippen molar-refractivity contribution in [1.82, 2.24) is 19.7 Å². The summed E-state index contributed by atoms with van der Waals surface area (Å²) in [5, 5.41) is 12.2. The van der Waals surface area contributed by atoms with Crippen molar-refractivity contribution in [2.45, 2.75) is 37.5 Å². The van der Waals surface area contributed by atoms with Gasteiger partial charge < -0.3 is 14.3 Å². The van der Waals surface area contributed by atoms with Crippen LogP contribution in [0.25, 0.3) is 22.5 Å². The van der Waals surface area contributed by atoms with Gasteiger partial charge in [0.1, 0.15) is 11.3 Å². The average Bonchev–Trinajstić information content (AvgIpc) is 3.29. The number of amides is 1. The summed E-state index contributed by atoms with van der Waals surface area (Å²) in [6.07, 6.45) is 4.54. The summed E-state index contributed by atoms with van der Waals surface area (Å²) in [7, 11) is 0. The second-order valence-electron chi connectivity index (χ2n) is 7.26. The van der Waals surface area contributed by atoms with Crippen LogP contribution in [0.1, 0.15) is 25.1 Å². The third-order valence-corrected chi connectivity index (χ3v) is 5.97. The maximum atomic E-state index is 12.3. The van der Waals surface area contributed by atoms with Crippen LogP contribution in [0.3, 0.4) is 0 Å². The summed E-state index contributed by atoms with van der Waals surface area (Å²) in [5.41, 5.74) is 3.27. The van der Waals surface area contributed by atoms with Gasteiger partial charge in [0, 0.05) is 24.2 Å². The molecule has 1 aliphatic heterocycles. The number of thioether (sulfide) groups is 1. The van der Waals surface area contributed by atoms with Gasteiger partial charge in [-0.25, -0.2) is 4.98 Å². The van der Waals surface area contributed by atoms with Crippen LogP contribution in [-0.4, -0.2) is 31.4 Å². The zero-order valence-corrected chi connectivity index (χ0v) is 17.2. The maximum Gasteiger partial charge on any atom is 0.257 e. The molecule has 3 heterocycles. The molecule has 8 heteroatoms. The Hall–Kier alpha value is -3.13. The SMILES string of the molecule is O=C(CSc1nc2ccccc2o1)Nc1ccc(-c2nnc3n2CCCCC3)cc1. The molecule has 30 heavy (non-hydrogen) atoms. The minimum Gasteiger partial charge on any atom is -0.431 e. The van der Waals surface area contributed by atoms with Crippen molar-refractivity contribution in [3.8, 4) is 11.4 Å². The van der Waals surface area contributed by atoms with E-state index in [2.05, 4.69) is 25.1 Å². The number of para-hydroxylation sites is 2. The lowest BCUT2D eigenvalue weighted by molar-refractivity contribution is -0.113. The lowest BCUT2D eigenvalue weighted by Crippen LogP contribution is -2.13. The highest BCUT2D eigenvalue weighted by atomic mass is 32.2.